The number of likely N-dealkylation sites (tertiary alicyclic amines) is 1. The van der Waals surface area contributed by atoms with Gasteiger partial charge in [0.15, 0.2) is 5.65 Å². The molecule has 8 nitrogen and oxygen atoms in total. The first-order valence-electron chi connectivity index (χ1n) is 11.3. The van der Waals surface area contributed by atoms with Crippen molar-refractivity contribution in [2.24, 2.45) is 5.92 Å². The second-order valence-corrected chi connectivity index (χ2v) is 8.84. The Kier molecular flexibility index (Phi) is 4.87. The molecule has 2 aromatic heterocycles. The number of aromatic amines is 1. The Morgan fingerprint density at radius 1 is 1.17 bits per heavy atom. The topological polar surface area (TPSA) is 90.8 Å². The van der Waals surface area contributed by atoms with Crippen molar-refractivity contribution in [3.05, 3.63) is 33.4 Å². The number of fused-ring (bicyclic) bond motifs is 2. The molecule has 8 heteroatoms. The third-order valence-corrected chi connectivity index (χ3v) is 7.03. The first-order chi connectivity index (χ1) is 14.6. The number of carbonyl (C=O) groups is 2. The molecule has 4 heterocycles. The third-order valence-electron chi connectivity index (χ3n) is 7.03. The van der Waals surface area contributed by atoms with Crippen molar-refractivity contribution in [1.29, 1.82) is 0 Å². The number of piperidine rings is 1. The van der Waals surface area contributed by atoms with Crippen LogP contribution in [0.5, 0.6) is 0 Å². The molecule has 1 N–H and O–H groups in total. The quantitative estimate of drug-likeness (QED) is 0.838. The molecule has 1 aliphatic carbocycles. The second kappa shape index (κ2) is 7.56. The molecule has 2 aromatic rings. The summed E-state index contributed by atoms with van der Waals surface area (Å²) in [5.74, 6) is 0.457. The molecular formula is C22H29N5O3. The largest absolute Gasteiger partial charge is 0.337 e. The van der Waals surface area contributed by atoms with Gasteiger partial charge < -0.3 is 9.80 Å². The Bertz CT molecular complexity index is 1050. The minimum Gasteiger partial charge on any atom is -0.337 e. The van der Waals surface area contributed by atoms with E-state index >= 15 is 0 Å². The van der Waals surface area contributed by atoms with E-state index in [9.17, 15) is 14.4 Å². The van der Waals surface area contributed by atoms with E-state index in [1.165, 1.54) is 4.52 Å². The summed E-state index contributed by atoms with van der Waals surface area (Å²) >= 11 is 0. The number of rotatable bonds is 3. The van der Waals surface area contributed by atoms with Gasteiger partial charge in [-0.2, -0.15) is 0 Å². The van der Waals surface area contributed by atoms with Crippen LogP contribution in [-0.2, 0) is 22.6 Å². The standard InChI is InChI=1S/C22H29N5O3/c1-2-20(28)26-10-4-3-8-18(26)17-12-19-23-16-9-11-25(21(29)14-6-5-7-14)13-15(16)22(30)27(19)24-17/h12,14,18,24H,2-11,13H2,1H3. The van der Waals surface area contributed by atoms with Gasteiger partial charge in [0, 0.05) is 37.9 Å². The number of aromatic nitrogens is 3. The van der Waals surface area contributed by atoms with Gasteiger partial charge in [0.25, 0.3) is 5.56 Å². The number of H-pyrrole nitrogens is 1. The van der Waals surface area contributed by atoms with Gasteiger partial charge in [-0.05, 0) is 32.1 Å². The zero-order chi connectivity index (χ0) is 20.8. The SMILES string of the molecule is CCC(=O)N1CCCCC1c1cc2nc3c(c(=O)n2[nH]1)CN(C(=O)C1CCC1)CC3. The first kappa shape index (κ1) is 19.3. The highest BCUT2D eigenvalue weighted by Gasteiger charge is 2.33. The Balaban J connectivity index is 1.47. The Labute approximate surface area is 175 Å². The maximum Gasteiger partial charge on any atom is 0.277 e. The smallest absolute Gasteiger partial charge is 0.277 e. The fourth-order valence-corrected chi connectivity index (χ4v) is 5.03. The molecule has 1 saturated carbocycles. The van der Waals surface area contributed by atoms with Crippen LogP contribution in [0.15, 0.2) is 10.9 Å². The van der Waals surface area contributed by atoms with Gasteiger partial charge in [-0.25, -0.2) is 9.50 Å². The van der Waals surface area contributed by atoms with Gasteiger partial charge in [-0.1, -0.05) is 13.3 Å². The maximum absolute atomic E-state index is 13.2. The number of hydrogen-bond donors (Lipinski definition) is 1. The van der Waals surface area contributed by atoms with E-state index < -0.39 is 0 Å². The summed E-state index contributed by atoms with van der Waals surface area (Å²) in [5, 5.41) is 3.23. The van der Waals surface area contributed by atoms with Crippen molar-refractivity contribution >= 4 is 17.5 Å². The minimum atomic E-state index is -0.128. The van der Waals surface area contributed by atoms with Crippen LogP contribution < -0.4 is 5.56 Å². The van der Waals surface area contributed by atoms with E-state index in [-0.39, 0.29) is 29.3 Å². The third kappa shape index (κ3) is 3.13. The minimum absolute atomic E-state index is 0.0407. The molecule has 2 fully saturated rings. The van der Waals surface area contributed by atoms with Crippen molar-refractivity contribution in [3.8, 4) is 0 Å². The summed E-state index contributed by atoms with van der Waals surface area (Å²) in [6.45, 7) is 3.61. The van der Waals surface area contributed by atoms with Crippen molar-refractivity contribution in [2.45, 2.75) is 70.9 Å². The van der Waals surface area contributed by atoms with Crippen LogP contribution in [0.1, 0.15) is 74.9 Å². The summed E-state index contributed by atoms with van der Waals surface area (Å²) in [7, 11) is 0. The zero-order valence-corrected chi connectivity index (χ0v) is 17.5. The Hall–Kier alpha value is -2.64. The predicted octanol–water partition coefficient (Wildman–Crippen LogP) is 2.17. The predicted molar refractivity (Wildman–Crippen MR) is 111 cm³/mol. The van der Waals surface area contributed by atoms with Gasteiger partial charge in [-0.15, -0.1) is 0 Å². The van der Waals surface area contributed by atoms with E-state index in [0.29, 0.717) is 37.1 Å². The summed E-state index contributed by atoms with van der Waals surface area (Å²) in [5.41, 5.74) is 2.75. The van der Waals surface area contributed by atoms with Gasteiger partial charge in [0.1, 0.15) is 0 Å². The molecule has 1 saturated heterocycles. The lowest BCUT2D eigenvalue weighted by molar-refractivity contribution is -0.139. The number of carbonyl (C=O) groups excluding carboxylic acids is 2. The van der Waals surface area contributed by atoms with E-state index in [4.69, 9.17) is 4.98 Å². The summed E-state index contributed by atoms with van der Waals surface area (Å²) < 4.78 is 1.49. The van der Waals surface area contributed by atoms with Crippen LogP contribution in [0.25, 0.3) is 5.65 Å². The van der Waals surface area contributed by atoms with Crippen molar-refractivity contribution in [3.63, 3.8) is 0 Å². The van der Waals surface area contributed by atoms with E-state index in [2.05, 4.69) is 5.10 Å². The lowest BCUT2D eigenvalue weighted by Gasteiger charge is -2.35. The number of amides is 2. The molecule has 30 heavy (non-hydrogen) atoms. The Morgan fingerprint density at radius 2 is 2.00 bits per heavy atom. The van der Waals surface area contributed by atoms with E-state index in [1.54, 1.807) is 0 Å². The maximum atomic E-state index is 13.2. The van der Waals surface area contributed by atoms with Crippen LogP contribution in [-0.4, -0.2) is 49.3 Å². The van der Waals surface area contributed by atoms with Gasteiger partial charge in [0.05, 0.1) is 29.5 Å². The van der Waals surface area contributed by atoms with Crippen molar-refractivity contribution in [1.82, 2.24) is 24.4 Å². The molecule has 160 valence electrons. The summed E-state index contributed by atoms with van der Waals surface area (Å²) in [6, 6.07) is 1.88. The molecular weight excluding hydrogens is 382 g/mol. The van der Waals surface area contributed by atoms with E-state index in [0.717, 1.165) is 56.5 Å². The molecule has 0 aromatic carbocycles. The molecule has 0 spiro atoms. The van der Waals surface area contributed by atoms with Gasteiger partial charge in [0.2, 0.25) is 11.8 Å². The first-order valence-corrected chi connectivity index (χ1v) is 11.3. The average molecular weight is 412 g/mol. The molecule has 0 radical (unpaired) electrons. The fourth-order valence-electron chi connectivity index (χ4n) is 5.03. The summed E-state index contributed by atoms with van der Waals surface area (Å²) in [4.78, 5) is 46.8. The number of nitrogens with zero attached hydrogens (tertiary/aromatic N) is 4. The van der Waals surface area contributed by atoms with Gasteiger partial charge in [-0.3, -0.25) is 19.5 Å². The fraction of sp³-hybridized carbons (Fsp3) is 0.636. The highest BCUT2D eigenvalue weighted by molar-refractivity contribution is 5.80. The average Bonchev–Trinajstić information content (AvgIpc) is 3.16. The molecule has 2 aliphatic heterocycles. The number of hydrogen-bond acceptors (Lipinski definition) is 4. The lowest BCUT2D eigenvalue weighted by Crippen LogP contribution is -2.44. The van der Waals surface area contributed by atoms with Crippen LogP contribution >= 0.6 is 0 Å². The molecule has 0 bridgehead atoms. The highest BCUT2D eigenvalue weighted by Crippen LogP contribution is 2.32. The number of nitrogens with one attached hydrogen (secondary N) is 1. The van der Waals surface area contributed by atoms with Crippen LogP contribution in [0.2, 0.25) is 0 Å². The van der Waals surface area contributed by atoms with E-state index in [1.807, 2.05) is 22.8 Å². The van der Waals surface area contributed by atoms with Crippen molar-refractivity contribution in [2.75, 3.05) is 13.1 Å². The molecule has 2 amide bonds. The van der Waals surface area contributed by atoms with Crippen LogP contribution in [0.4, 0.5) is 0 Å². The highest BCUT2D eigenvalue weighted by atomic mass is 16.2. The Morgan fingerprint density at radius 3 is 2.73 bits per heavy atom. The molecule has 5 rings (SSSR count). The molecule has 1 unspecified atom stereocenters. The zero-order valence-electron chi connectivity index (χ0n) is 17.5. The normalized spacial score (nSPS) is 22.1. The van der Waals surface area contributed by atoms with Crippen molar-refractivity contribution < 1.29 is 9.59 Å². The molecule has 3 aliphatic rings. The molecule has 1 atom stereocenters. The summed E-state index contributed by atoms with van der Waals surface area (Å²) in [6.07, 6.45) is 7.11. The second-order valence-electron chi connectivity index (χ2n) is 8.84. The van der Waals surface area contributed by atoms with Gasteiger partial charge >= 0.3 is 0 Å². The monoisotopic (exact) mass is 411 g/mol. The lowest BCUT2D eigenvalue weighted by atomic mass is 9.84. The van der Waals surface area contributed by atoms with Crippen LogP contribution in [0.3, 0.4) is 0 Å². The van der Waals surface area contributed by atoms with Crippen LogP contribution in [0, 0.1) is 5.92 Å².